The molecule has 2 rings (SSSR count). The molecule has 0 radical (unpaired) electrons. The van der Waals surface area contributed by atoms with Crippen LogP contribution in [0.3, 0.4) is 0 Å². The van der Waals surface area contributed by atoms with E-state index in [9.17, 15) is 0 Å². The Hall–Kier alpha value is -0.570. The number of hydrogen-bond acceptors (Lipinski definition) is 2. The van der Waals surface area contributed by atoms with Gasteiger partial charge < -0.3 is 9.80 Å². The highest BCUT2D eigenvalue weighted by atomic mass is 35.5. The van der Waals surface area contributed by atoms with Gasteiger partial charge in [0.1, 0.15) is 0 Å². The van der Waals surface area contributed by atoms with Crippen molar-refractivity contribution in [2.45, 2.75) is 31.8 Å². The summed E-state index contributed by atoms with van der Waals surface area (Å²) in [6.45, 7) is 3.40. The molecule has 0 aliphatic carbocycles. The lowest BCUT2D eigenvalue weighted by atomic mass is 10.1. The van der Waals surface area contributed by atoms with E-state index in [-0.39, 0.29) is 0 Å². The first kappa shape index (κ1) is 13.9. The SMILES string of the molecule is CN(CC[C@H]1CCCN1C)Cc1cccc(Cl)c1. The van der Waals surface area contributed by atoms with E-state index < -0.39 is 0 Å². The maximum atomic E-state index is 6.00. The summed E-state index contributed by atoms with van der Waals surface area (Å²) in [7, 11) is 4.44. The molecule has 1 aromatic rings. The van der Waals surface area contributed by atoms with Crippen molar-refractivity contribution in [3.8, 4) is 0 Å². The first-order valence-electron chi connectivity index (χ1n) is 6.78. The molecule has 1 aromatic carbocycles. The maximum Gasteiger partial charge on any atom is 0.0409 e. The molecule has 1 aliphatic heterocycles. The van der Waals surface area contributed by atoms with Gasteiger partial charge in [-0.05, 0) is 64.1 Å². The number of hydrogen-bond donors (Lipinski definition) is 0. The predicted octanol–water partition coefficient (Wildman–Crippen LogP) is 3.26. The molecule has 1 aliphatic rings. The number of nitrogens with zero attached hydrogens (tertiary/aromatic N) is 2. The zero-order chi connectivity index (χ0) is 13.0. The van der Waals surface area contributed by atoms with Crippen molar-refractivity contribution in [1.29, 1.82) is 0 Å². The molecule has 0 unspecified atom stereocenters. The van der Waals surface area contributed by atoms with Crippen LogP contribution in [-0.2, 0) is 6.54 Å². The van der Waals surface area contributed by atoms with Crippen molar-refractivity contribution in [1.82, 2.24) is 9.80 Å². The molecule has 0 spiro atoms. The van der Waals surface area contributed by atoms with E-state index in [1.54, 1.807) is 0 Å². The molecule has 2 nitrogen and oxygen atoms in total. The van der Waals surface area contributed by atoms with E-state index >= 15 is 0 Å². The Balaban J connectivity index is 1.76. The Kier molecular flexibility index (Phi) is 5.04. The van der Waals surface area contributed by atoms with E-state index in [2.05, 4.69) is 36.0 Å². The molecule has 1 heterocycles. The third kappa shape index (κ3) is 3.98. The van der Waals surface area contributed by atoms with Crippen molar-refractivity contribution < 1.29 is 0 Å². The van der Waals surface area contributed by atoms with E-state index in [1.807, 2.05) is 12.1 Å². The summed E-state index contributed by atoms with van der Waals surface area (Å²) in [6.07, 6.45) is 3.99. The average Bonchev–Trinajstić information content (AvgIpc) is 2.72. The lowest BCUT2D eigenvalue weighted by Gasteiger charge is -2.23. The zero-order valence-electron chi connectivity index (χ0n) is 11.4. The second kappa shape index (κ2) is 6.55. The minimum Gasteiger partial charge on any atom is -0.303 e. The Morgan fingerprint density at radius 1 is 1.44 bits per heavy atom. The molecule has 1 fully saturated rings. The molecule has 0 N–H and O–H groups in total. The van der Waals surface area contributed by atoms with Crippen LogP contribution in [0.1, 0.15) is 24.8 Å². The number of benzene rings is 1. The van der Waals surface area contributed by atoms with Gasteiger partial charge in [-0.3, -0.25) is 0 Å². The highest BCUT2D eigenvalue weighted by Gasteiger charge is 2.20. The number of rotatable bonds is 5. The fraction of sp³-hybridized carbons (Fsp3) is 0.600. The van der Waals surface area contributed by atoms with Crippen molar-refractivity contribution in [3.63, 3.8) is 0 Å². The first-order chi connectivity index (χ1) is 8.65. The van der Waals surface area contributed by atoms with Crippen LogP contribution in [0.4, 0.5) is 0 Å². The van der Waals surface area contributed by atoms with Gasteiger partial charge in [0.25, 0.3) is 0 Å². The van der Waals surface area contributed by atoms with Gasteiger partial charge in [-0.2, -0.15) is 0 Å². The van der Waals surface area contributed by atoms with Crippen molar-refractivity contribution in [2.24, 2.45) is 0 Å². The van der Waals surface area contributed by atoms with Gasteiger partial charge in [-0.25, -0.2) is 0 Å². The Bertz CT molecular complexity index is 381. The van der Waals surface area contributed by atoms with Crippen molar-refractivity contribution >= 4 is 11.6 Å². The summed E-state index contributed by atoms with van der Waals surface area (Å²) in [5.74, 6) is 0. The molecule has 0 aromatic heterocycles. The summed E-state index contributed by atoms with van der Waals surface area (Å²) < 4.78 is 0. The normalized spacial score (nSPS) is 20.8. The van der Waals surface area contributed by atoms with E-state index in [1.165, 1.54) is 31.4 Å². The molecule has 0 saturated carbocycles. The van der Waals surface area contributed by atoms with Gasteiger partial charge in [0.15, 0.2) is 0 Å². The molecule has 3 heteroatoms. The largest absolute Gasteiger partial charge is 0.303 e. The first-order valence-corrected chi connectivity index (χ1v) is 7.16. The highest BCUT2D eigenvalue weighted by molar-refractivity contribution is 6.30. The lowest BCUT2D eigenvalue weighted by Crippen LogP contribution is -2.29. The van der Waals surface area contributed by atoms with E-state index in [4.69, 9.17) is 11.6 Å². The van der Waals surface area contributed by atoms with Crippen LogP contribution in [0.2, 0.25) is 5.02 Å². The standard InChI is InChI=1S/C15H23ClN2/c1-17(10-8-15-7-4-9-18(15)2)12-13-5-3-6-14(16)11-13/h3,5-6,11,15H,4,7-10,12H2,1-2H3/t15-/m1/s1. The number of likely N-dealkylation sites (tertiary alicyclic amines) is 1. The summed E-state index contributed by atoms with van der Waals surface area (Å²) in [5, 5.41) is 0.830. The summed E-state index contributed by atoms with van der Waals surface area (Å²) in [6, 6.07) is 8.94. The topological polar surface area (TPSA) is 6.48 Å². The Morgan fingerprint density at radius 3 is 2.94 bits per heavy atom. The van der Waals surface area contributed by atoms with Gasteiger partial charge in [-0.1, -0.05) is 23.7 Å². The number of halogens is 1. The fourth-order valence-electron chi connectivity index (χ4n) is 2.74. The summed E-state index contributed by atoms with van der Waals surface area (Å²) >= 11 is 6.00. The van der Waals surface area contributed by atoms with Crippen LogP contribution in [0.5, 0.6) is 0 Å². The molecule has 0 amide bonds. The molecule has 18 heavy (non-hydrogen) atoms. The highest BCUT2D eigenvalue weighted by Crippen LogP contribution is 2.18. The lowest BCUT2D eigenvalue weighted by molar-refractivity contribution is 0.245. The average molecular weight is 267 g/mol. The van der Waals surface area contributed by atoms with Crippen molar-refractivity contribution in [3.05, 3.63) is 34.9 Å². The van der Waals surface area contributed by atoms with Crippen LogP contribution in [-0.4, -0.2) is 43.0 Å². The summed E-state index contributed by atoms with van der Waals surface area (Å²) in [5.41, 5.74) is 1.30. The van der Waals surface area contributed by atoms with Crippen LogP contribution in [0.25, 0.3) is 0 Å². The second-order valence-corrected chi connectivity index (χ2v) is 5.87. The third-order valence-corrected chi connectivity index (χ3v) is 4.09. The van der Waals surface area contributed by atoms with Gasteiger partial charge in [0.05, 0.1) is 0 Å². The monoisotopic (exact) mass is 266 g/mol. The molecule has 1 saturated heterocycles. The summed E-state index contributed by atoms with van der Waals surface area (Å²) in [4.78, 5) is 4.88. The van der Waals surface area contributed by atoms with Crippen LogP contribution >= 0.6 is 11.6 Å². The molecular weight excluding hydrogens is 244 g/mol. The van der Waals surface area contributed by atoms with E-state index in [0.717, 1.165) is 24.2 Å². The predicted molar refractivity (Wildman–Crippen MR) is 78.1 cm³/mol. The minimum atomic E-state index is 0.784. The van der Waals surface area contributed by atoms with Gasteiger partial charge in [0.2, 0.25) is 0 Å². The fourth-order valence-corrected chi connectivity index (χ4v) is 2.95. The second-order valence-electron chi connectivity index (χ2n) is 5.43. The van der Waals surface area contributed by atoms with Gasteiger partial charge in [-0.15, -0.1) is 0 Å². The zero-order valence-corrected chi connectivity index (χ0v) is 12.2. The van der Waals surface area contributed by atoms with Crippen LogP contribution in [0, 0.1) is 0 Å². The molecular formula is C15H23ClN2. The third-order valence-electron chi connectivity index (χ3n) is 3.86. The van der Waals surface area contributed by atoms with Crippen molar-refractivity contribution in [2.75, 3.05) is 27.2 Å². The Morgan fingerprint density at radius 2 is 2.28 bits per heavy atom. The molecule has 100 valence electrons. The van der Waals surface area contributed by atoms with Crippen LogP contribution in [0.15, 0.2) is 24.3 Å². The van der Waals surface area contributed by atoms with Crippen LogP contribution < -0.4 is 0 Å². The smallest absolute Gasteiger partial charge is 0.0409 e. The van der Waals surface area contributed by atoms with E-state index in [0.29, 0.717) is 0 Å². The minimum absolute atomic E-state index is 0.784. The molecule has 1 atom stereocenters. The molecule has 0 bridgehead atoms. The van der Waals surface area contributed by atoms with Gasteiger partial charge in [0, 0.05) is 17.6 Å². The quantitative estimate of drug-likeness (QED) is 0.807. The Labute approximate surface area is 116 Å². The maximum absolute atomic E-state index is 6.00. The van der Waals surface area contributed by atoms with Gasteiger partial charge >= 0.3 is 0 Å².